The summed E-state index contributed by atoms with van der Waals surface area (Å²) in [5.74, 6) is -1.93. The van der Waals surface area contributed by atoms with E-state index in [-0.39, 0.29) is 34.4 Å². The molecule has 4 amide bonds. The normalized spacial score (nSPS) is 22.2. The zero-order valence-corrected chi connectivity index (χ0v) is 21.9. The second-order valence-corrected chi connectivity index (χ2v) is 11.1. The van der Waals surface area contributed by atoms with E-state index in [9.17, 15) is 29.1 Å². The number of carboxylic acid groups (broad SMARTS) is 1. The van der Waals surface area contributed by atoms with E-state index in [0.717, 1.165) is 31.8 Å². The van der Waals surface area contributed by atoms with E-state index in [1.165, 1.54) is 35.1 Å². The quantitative estimate of drug-likeness (QED) is 0.198. The highest BCUT2D eigenvalue weighted by molar-refractivity contribution is 8.14. The van der Waals surface area contributed by atoms with Crippen LogP contribution in [0.25, 0.3) is 0 Å². The maximum absolute atomic E-state index is 13.2. The van der Waals surface area contributed by atoms with E-state index >= 15 is 0 Å². The first-order valence-electron chi connectivity index (χ1n) is 10.8. The second kappa shape index (κ2) is 9.78. The number of urea groups is 1. The topological polar surface area (TPSA) is 208 Å². The molecule has 0 unspecified atom stereocenters. The molecule has 5 heterocycles. The number of primary amides is 1. The fourth-order valence-electron chi connectivity index (χ4n) is 4.15. The fourth-order valence-corrected chi connectivity index (χ4v) is 7.18. The van der Waals surface area contributed by atoms with E-state index in [1.807, 2.05) is 0 Å². The van der Waals surface area contributed by atoms with Crippen LogP contribution in [0.5, 0.6) is 0 Å². The zero-order valence-electron chi connectivity index (χ0n) is 19.4. The summed E-state index contributed by atoms with van der Waals surface area (Å²) < 4.78 is 0. The number of aliphatic carboxylic acids is 1. The van der Waals surface area contributed by atoms with Crippen molar-refractivity contribution in [2.45, 2.75) is 18.3 Å². The number of aromatic nitrogens is 1. The molecule has 0 spiro atoms. The molecule has 0 radical (unpaired) electrons. The number of β-lactam (4-membered cyclic amide) rings is 1. The number of fused-ring (bicyclic) bond motifs is 2. The lowest BCUT2D eigenvalue weighted by Gasteiger charge is -2.52. The van der Waals surface area contributed by atoms with Crippen LogP contribution in [0.3, 0.4) is 0 Å². The minimum absolute atomic E-state index is 0.0579. The summed E-state index contributed by atoms with van der Waals surface area (Å²) in [7, 11) is 0. The predicted molar refractivity (Wildman–Crippen MR) is 140 cm³/mol. The molecule has 0 bridgehead atoms. The Balaban J connectivity index is 1.37. The number of thiazole rings is 1. The molecule has 15 nitrogen and oxygen atoms in total. The molecule has 4 aliphatic heterocycles. The zero-order chi connectivity index (χ0) is 27.3. The van der Waals surface area contributed by atoms with Crippen LogP contribution in [-0.4, -0.2) is 83.1 Å². The lowest BCUT2D eigenvalue weighted by atomic mass is 10.0. The molecule has 38 heavy (non-hydrogen) atoms. The van der Waals surface area contributed by atoms with Crippen LogP contribution >= 0.6 is 34.9 Å². The third-order valence-corrected chi connectivity index (χ3v) is 8.80. The summed E-state index contributed by atoms with van der Waals surface area (Å²) in [4.78, 5) is 71.2. The molecule has 198 valence electrons. The number of allylic oxidation sites excluding steroid dienone is 1. The van der Waals surface area contributed by atoms with Gasteiger partial charge in [0, 0.05) is 22.6 Å². The number of nitrogen functional groups attached to an aromatic ring is 1. The summed E-state index contributed by atoms with van der Waals surface area (Å²) >= 11 is 3.59. The van der Waals surface area contributed by atoms with Gasteiger partial charge in [-0.1, -0.05) is 0 Å². The minimum atomic E-state index is -1.29. The van der Waals surface area contributed by atoms with Gasteiger partial charge in [0.15, 0.2) is 11.0 Å². The van der Waals surface area contributed by atoms with E-state index in [4.69, 9.17) is 11.5 Å². The van der Waals surface area contributed by atoms with Crippen LogP contribution in [0, 0.1) is 0 Å². The van der Waals surface area contributed by atoms with Crippen molar-refractivity contribution < 1.29 is 29.1 Å². The van der Waals surface area contributed by atoms with Crippen molar-refractivity contribution in [1.82, 2.24) is 25.4 Å². The van der Waals surface area contributed by atoms with Gasteiger partial charge in [0.1, 0.15) is 28.0 Å². The first-order chi connectivity index (χ1) is 18.1. The van der Waals surface area contributed by atoms with Crippen molar-refractivity contribution in [1.29, 1.82) is 0 Å². The highest BCUT2D eigenvalue weighted by atomic mass is 32.2. The molecule has 1 aromatic rings. The maximum atomic E-state index is 13.2. The van der Waals surface area contributed by atoms with Gasteiger partial charge in [-0.25, -0.2) is 29.6 Å². The number of carbonyl (C=O) groups is 5. The van der Waals surface area contributed by atoms with Crippen LogP contribution in [-0.2, 0) is 19.2 Å². The number of nitrogens with one attached hydrogen (secondary N) is 1. The van der Waals surface area contributed by atoms with Crippen LogP contribution in [0.2, 0.25) is 0 Å². The fraction of sp³-hybridized carbons (Fsp3) is 0.250. The molecule has 18 heteroatoms. The van der Waals surface area contributed by atoms with Crippen molar-refractivity contribution in [2.75, 3.05) is 22.1 Å². The van der Waals surface area contributed by atoms with E-state index < -0.39 is 35.2 Å². The Morgan fingerprint density at radius 3 is 2.79 bits per heavy atom. The molecule has 2 atom stereocenters. The standard InChI is InChI=1S/C20H19N9O6S3/c1-8-2-12(23-10-3-26(20(22)35)25-29(8)10)36-5-9-6-37-17-15(16(32)28(17)14(9)18(33)34)27(13(31)4-30)11-7-38-19(21)24-11/h2-4,7,15,17,25H,5-6H2,1H3,(H2,21,24)(H2,22,35)(H,33,34)/t15-,17-/m1/s1. The van der Waals surface area contributed by atoms with Gasteiger partial charge in [0.2, 0.25) is 6.29 Å². The summed E-state index contributed by atoms with van der Waals surface area (Å²) in [5, 5.41) is 14.1. The first kappa shape index (κ1) is 25.8. The monoisotopic (exact) mass is 577 g/mol. The number of carbonyl (C=O) groups excluding carboxylic acids is 4. The molecule has 1 fully saturated rings. The van der Waals surface area contributed by atoms with Gasteiger partial charge in [-0.2, -0.15) is 0 Å². The Morgan fingerprint density at radius 1 is 1.39 bits per heavy atom. The highest BCUT2D eigenvalue weighted by Crippen LogP contribution is 2.44. The van der Waals surface area contributed by atoms with Crippen molar-refractivity contribution in [3.8, 4) is 0 Å². The van der Waals surface area contributed by atoms with Crippen LogP contribution in [0.4, 0.5) is 15.7 Å². The summed E-state index contributed by atoms with van der Waals surface area (Å²) in [5.41, 5.74) is 14.8. The number of aldehydes is 1. The third-order valence-electron chi connectivity index (χ3n) is 5.82. The van der Waals surface area contributed by atoms with Crippen molar-refractivity contribution in [3.63, 3.8) is 0 Å². The molecule has 1 aromatic heterocycles. The summed E-state index contributed by atoms with van der Waals surface area (Å²) in [6.45, 7) is 1.80. The summed E-state index contributed by atoms with van der Waals surface area (Å²) in [6.07, 6.45) is 3.27. The highest BCUT2D eigenvalue weighted by Gasteiger charge is 2.57. The Hall–Kier alpha value is -3.87. The van der Waals surface area contributed by atoms with Gasteiger partial charge in [-0.15, -0.1) is 40.4 Å². The average Bonchev–Trinajstić information content (AvgIpc) is 3.51. The van der Waals surface area contributed by atoms with Gasteiger partial charge >= 0.3 is 12.0 Å². The predicted octanol–water partition coefficient (Wildman–Crippen LogP) is -0.156. The Kier molecular flexibility index (Phi) is 6.63. The Labute approximate surface area is 226 Å². The van der Waals surface area contributed by atoms with Gasteiger partial charge < -0.3 is 16.6 Å². The molecule has 4 aliphatic rings. The van der Waals surface area contributed by atoms with Crippen molar-refractivity contribution in [3.05, 3.63) is 40.4 Å². The number of carboxylic acids is 1. The Bertz CT molecular complexity index is 1400. The number of aliphatic imine (C=N–C) groups is 1. The lowest BCUT2D eigenvalue weighted by molar-refractivity contribution is -0.149. The number of nitrogens with two attached hydrogens (primary N) is 2. The molecule has 0 aromatic carbocycles. The van der Waals surface area contributed by atoms with E-state index in [1.54, 1.807) is 18.0 Å². The number of rotatable bonds is 6. The van der Waals surface area contributed by atoms with Crippen molar-refractivity contribution in [2.24, 2.45) is 10.7 Å². The Morgan fingerprint density at radius 2 is 2.16 bits per heavy atom. The molecule has 5 rings (SSSR count). The molecule has 0 saturated carbocycles. The van der Waals surface area contributed by atoms with E-state index in [0.29, 0.717) is 16.4 Å². The average molecular weight is 578 g/mol. The van der Waals surface area contributed by atoms with E-state index in [2.05, 4.69) is 15.5 Å². The van der Waals surface area contributed by atoms with Gasteiger partial charge in [0.05, 0.1) is 6.20 Å². The maximum Gasteiger partial charge on any atom is 0.352 e. The van der Waals surface area contributed by atoms with Gasteiger partial charge in [-0.05, 0) is 18.6 Å². The SMILES string of the molecule is CC1=CC(SCC2=C(C(=O)O)N3C(=O)[C@@H](N(C(=O)C=O)c4csc(N)n4)[C@H]3SC2)=NC2=CN(C(N)=O)NN12. The summed E-state index contributed by atoms with van der Waals surface area (Å²) in [6, 6.07) is -1.81. The lowest BCUT2D eigenvalue weighted by Crippen LogP contribution is -2.72. The number of nitrogens with zero attached hydrogens (tertiary/aromatic N) is 6. The van der Waals surface area contributed by atoms with Crippen LogP contribution in [0.15, 0.2) is 45.4 Å². The third kappa shape index (κ3) is 4.30. The molecule has 0 aliphatic carbocycles. The number of thioether (sulfide) groups is 2. The van der Waals surface area contributed by atoms with Crippen LogP contribution < -0.4 is 21.9 Å². The number of hydrazine groups is 2. The largest absolute Gasteiger partial charge is 0.477 e. The molecule has 1 saturated heterocycles. The minimum Gasteiger partial charge on any atom is -0.477 e. The molecular formula is C20H19N9O6S3. The van der Waals surface area contributed by atoms with Crippen LogP contribution in [0.1, 0.15) is 6.92 Å². The number of amides is 4. The number of hydrogen-bond acceptors (Lipinski definition) is 13. The number of hydrogen-bond donors (Lipinski definition) is 4. The number of anilines is 2. The first-order valence-corrected chi connectivity index (χ1v) is 13.7. The van der Waals surface area contributed by atoms with Gasteiger partial charge in [0.25, 0.3) is 11.8 Å². The molecule has 6 N–H and O–H groups in total. The van der Waals surface area contributed by atoms with Crippen molar-refractivity contribution >= 4 is 81.0 Å². The second-order valence-electron chi connectivity index (χ2n) is 8.14. The van der Waals surface area contributed by atoms with Gasteiger partial charge in [-0.3, -0.25) is 24.2 Å². The smallest absolute Gasteiger partial charge is 0.352 e. The molecular weight excluding hydrogens is 558 g/mol.